The zero-order valence-corrected chi connectivity index (χ0v) is 10.8. The molecule has 1 rings (SSSR count). The van der Waals surface area contributed by atoms with Crippen molar-refractivity contribution in [2.75, 3.05) is 6.54 Å². The first-order valence-corrected chi connectivity index (χ1v) is 6.28. The molecule has 3 heteroatoms. The van der Waals surface area contributed by atoms with Crippen molar-refractivity contribution >= 4 is 0 Å². The van der Waals surface area contributed by atoms with Crippen LogP contribution in [0.2, 0.25) is 0 Å². The molecule has 0 amide bonds. The van der Waals surface area contributed by atoms with Crippen LogP contribution in [0.3, 0.4) is 0 Å². The summed E-state index contributed by atoms with van der Waals surface area (Å²) in [4.78, 5) is 0. The van der Waals surface area contributed by atoms with Gasteiger partial charge in [0.25, 0.3) is 0 Å². The van der Waals surface area contributed by atoms with Gasteiger partial charge in [0, 0.05) is 6.04 Å². The highest BCUT2D eigenvalue weighted by atomic mass is 19.2. The molecule has 1 nitrogen and oxygen atoms in total. The van der Waals surface area contributed by atoms with Gasteiger partial charge in [0.1, 0.15) is 0 Å². The molecule has 0 fully saturated rings. The monoisotopic (exact) mass is 241 g/mol. The first-order chi connectivity index (χ1) is 8.10. The minimum atomic E-state index is -0.781. The molecular formula is C14H21F2N. The van der Waals surface area contributed by atoms with Crippen LogP contribution in [0.5, 0.6) is 0 Å². The van der Waals surface area contributed by atoms with Crippen LogP contribution in [-0.4, -0.2) is 12.6 Å². The van der Waals surface area contributed by atoms with E-state index < -0.39 is 11.6 Å². The highest BCUT2D eigenvalue weighted by Gasteiger charge is 2.18. The minimum Gasteiger partial charge on any atom is -0.314 e. The average molecular weight is 241 g/mol. The van der Waals surface area contributed by atoms with Crippen LogP contribution in [0.1, 0.15) is 45.1 Å². The number of nitrogens with one attached hydrogen (secondary N) is 1. The summed E-state index contributed by atoms with van der Waals surface area (Å²) in [7, 11) is 0. The van der Waals surface area contributed by atoms with E-state index in [9.17, 15) is 8.78 Å². The minimum absolute atomic E-state index is 0.185. The lowest BCUT2D eigenvalue weighted by Crippen LogP contribution is -2.33. The molecule has 0 aliphatic rings. The molecule has 0 aliphatic heterocycles. The predicted octanol–water partition coefficient (Wildman–Crippen LogP) is 3.85. The Morgan fingerprint density at radius 1 is 1.18 bits per heavy atom. The lowest BCUT2D eigenvalue weighted by Gasteiger charge is -2.25. The van der Waals surface area contributed by atoms with Crippen molar-refractivity contribution in [3.8, 4) is 0 Å². The van der Waals surface area contributed by atoms with Crippen LogP contribution >= 0.6 is 0 Å². The van der Waals surface area contributed by atoms with Crippen molar-refractivity contribution < 1.29 is 8.78 Å². The molecule has 17 heavy (non-hydrogen) atoms. The van der Waals surface area contributed by atoms with Crippen molar-refractivity contribution in [1.82, 2.24) is 5.32 Å². The highest BCUT2D eigenvalue weighted by molar-refractivity contribution is 5.22. The molecule has 0 bridgehead atoms. The van der Waals surface area contributed by atoms with Gasteiger partial charge in [-0.3, -0.25) is 0 Å². The van der Waals surface area contributed by atoms with E-state index in [1.54, 1.807) is 6.07 Å². The average Bonchev–Trinajstić information content (AvgIpc) is 2.31. The maximum Gasteiger partial charge on any atom is 0.159 e. The van der Waals surface area contributed by atoms with Crippen molar-refractivity contribution in [2.24, 2.45) is 0 Å². The SMILES string of the molecule is CCCC(NCC)C(C)c1ccc(F)c(F)c1. The second-order valence-corrected chi connectivity index (χ2v) is 4.42. The summed E-state index contributed by atoms with van der Waals surface area (Å²) in [6, 6.07) is 4.49. The van der Waals surface area contributed by atoms with Gasteiger partial charge in [-0.2, -0.15) is 0 Å². The van der Waals surface area contributed by atoms with Crippen LogP contribution < -0.4 is 5.32 Å². The fourth-order valence-corrected chi connectivity index (χ4v) is 2.13. The van der Waals surface area contributed by atoms with Crippen molar-refractivity contribution in [3.63, 3.8) is 0 Å². The lowest BCUT2D eigenvalue weighted by atomic mass is 9.90. The molecule has 2 unspecified atom stereocenters. The Hall–Kier alpha value is -0.960. The summed E-state index contributed by atoms with van der Waals surface area (Å²) in [5.41, 5.74) is 0.850. The highest BCUT2D eigenvalue weighted by Crippen LogP contribution is 2.23. The van der Waals surface area contributed by atoms with E-state index in [0.717, 1.165) is 24.9 Å². The van der Waals surface area contributed by atoms with Crippen LogP contribution in [-0.2, 0) is 0 Å². The smallest absolute Gasteiger partial charge is 0.159 e. The van der Waals surface area contributed by atoms with Gasteiger partial charge < -0.3 is 5.32 Å². The van der Waals surface area contributed by atoms with Crippen LogP contribution in [0.4, 0.5) is 8.78 Å². The zero-order valence-electron chi connectivity index (χ0n) is 10.8. The summed E-state index contributed by atoms with van der Waals surface area (Å²) in [5.74, 6) is -1.36. The van der Waals surface area contributed by atoms with E-state index in [0.29, 0.717) is 6.04 Å². The summed E-state index contributed by atoms with van der Waals surface area (Å²) < 4.78 is 26.0. The number of hydrogen-bond acceptors (Lipinski definition) is 1. The van der Waals surface area contributed by atoms with E-state index in [-0.39, 0.29) is 5.92 Å². The summed E-state index contributed by atoms with van der Waals surface area (Å²) in [6.45, 7) is 7.12. The number of likely N-dealkylation sites (N-methyl/N-ethyl adjacent to an activating group) is 1. The van der Waals surface area contributed by atoms with Crippen molar-refractivity contribution in [2.45, 2.75) is 45.6 Å². The third-order valence-electron chi connectivity index (χ3n) is 3.14. The second-order valence-electron chi connectivity index (χ2n) is 4.42. The van der Waals surface area contributed by atoms with Crippen molar-refractivity contribution in [3.05, 3.63) is 35.4 Å². The molecule has 0 spiro atoms. The normalized spacial score (nSPS) is 14.6. The first-order valence-electron chi connectivity index (χ1n) is 6.28. The predicted molar refractivity (Wildman–Crippen MR) is 67.1 cm³/mol. The van der Waals surface area contributed by atoms with Crippen LogP contribution in [0.25, 0.3) is 0 Å². The van der Waals surface area contributed by atoms with E-state index >= 15 is 0 Å². The van der Waals surface area contributed by atoms with Gasteiger partial charge in [-0.1, -0.05) is 33.3 Å². The van der Waals surface area contributed by atoms with Gasteiger partial charge in [-0.25, -0.2) is 8.78 Å². The number of hydrogen-bond donors (Lipinski definition) is 1. The van der Waals surface area contributed by atoms with Gasteiger partial charge in [0.2, 0.25) is 0 Å². The molecule has 0 saturated heterocycles. The molecule has 0 saturated carbocycles. The Morgan fingerprint density at radius 2 is 1.88 bits per heavy atom. The number of rotatable bonds is 6. The lowest BCUT2D eigenvalue weighted by molar-refractivity contribution is 0.426. The van der Waals surface area contributed by atoms with Gasteiger partial charge in [0.15, 0.2) is 11.6 Å². The van der Waals surface area contributed by atoms with E-state index in [1.165, 1.54) is 12.1 Å². The van der Waals surface area contributed by atoms with Gasteiger partial charge >= 0.3 is 0 Å². The van der Waals surface area contributed by atoms with Gasteiger partial charge in [-0.05, 0) is 36.6 Å². The largest absolute Gasteiger partial charge is 0.314 e. The molecule has 96 valence electrons. The topological polar surface area (TPSA) is 12.0 Å². The molecular weight excluding hydrogens is 220 g/mol. The third-order valence-corrected chi connectivity index (χ3v) is 3.14. The van der Waals surface area contributed by atoms with Gasteiger partial charge in [0.05, 0.1) is 0 Å². The summed E-state index contributed by atoms with van der Waals surface area (Å²) in [6.07, 6.45) is 2.11. The fraction of sp³-hybridized carbons (Fsp3) is 0.571. The molecule has 0 heterocycles. The second kappa shape index (κ2) is 6.70. The summed E-state index contributed by atoms with van der Waals surface area (Å²) in [5, 5.41) is 3.40. The van der Waals surface area contributed by atoms with E-state index in [1.807, 2.05) is 0 Å². The standard InChI is InChI=1S/C14H21F2N/c1-4-6-14(17-5-2)10(3)11-7-8-12(15)13(16)9-11/h7-10,14,17H,4-6H2,1-3H3. The van der Waals surface area contributed by atoms with E-state index in [4.69, 9.17) is 0 Å². The molecule has 0 radical (unpaired) electrons. The number of benzene rings is 1. The maximum atomic E-state index is 13.2. The quantitative estimate of drug-likeness (QED) is 0.797. The number of halogens is 2. The molecule has 1 aromatic carbocycles. The third kappa shape index (κ3) is 3.77. The Morgan fingerprint density at radius 3 is 2.41 bits per heavy atom. The molecule has 0 aromatic heterocycles. The maximum absolute atomic E-state index is 13.2. The fourth-order valence-electron chi connectivity index (χ4n) is 2.13. The first kappa shape index (κ1) is 14.1. The molecule has 1 aromatic rings. The molecule has 1 N–H and O–H groups in total. The van der Waals surface area contributed by atoms with Crippen molar-refractivity contribution in [1.29, 1.82) is 0 Å². The van der Waals surface area contributed by atoms with E-state index in [2.05, 4.69) is 26.1 Å². The van der Waals surface area contributed by atoms with Crippen LogP contribution in [0, 0.1) is 11.6 Å². The molecule has 2 atom stereocenters. The molecule has 0 aliphatic carbocycles. The Bertz CT molecular complexity index is 346. The van der Waals surface area contributed by atoms with Gasteiger partial charge in [-0.15, -0.1) is 0 Å². The zero-order chi connectivity index (χ0) is 12.8. The Labute approximate surface area is 102 Å². The Kier molecular flexibility index (Phi) is 5.56. The summed E-state index contributed by atoms with van der Waals surface area (Å²) >= 11 is 0. The van der Waals surface area contributed by atoms with Crippen LogP contribution in [0.15, 0.2) is 18.2 Å². The Balaban J connectivity index is 2.84.